The van der Waals surface area contributed by atoms with E-state index in [1.54, 1.807) is 12.1 Å². The number of carbonyl (C=O) groups is 1. The van der Waals surface area contributed by atoms with Gasteiger partial charge < -0.3 is 11.1 Å². The van der Waals surface area contributed by atoms with Gasteiger partial charge in [-0.2, -0.15) is 0 Å². The summed E-state index contributed by atoms with van der Waals surface area (Å²) in [6, 6.07) is 8.57. The zero-order chi connectivity index (χ0) is 14.7. The molecule has 0 saturated carbocycles. The van der Waals surface area contributed by atoms with Crippen LogP contribution in [-0.4, -0.2) is 10.9 Å². The number of benzene rings is 1. The highest BCUT2D eigenvalue weighted by atomic mass is 35.5. The summed E-state index contributed by atoms with van der Waals surface area (Å²) in [7, 11) is 0. The third kappa shape index (κ3) is 3.40. The van der Waals surface area contributed by atoms with Crippen LogP contribution in [0, 0.1) is 0 Å². The molecule has 1 aromatic heterocycles. The van der Waals surface area contributed by atoms with Crippen molar-refractivity contribution in [3.63, 3.8) is 0 Å². The van der Waals surface area contributed by atoms with E-state index < -0.39 is 0 Å². The number of halogens is 2. The normalized spacial score (nSPS) is 11.9. The summed E-state index contributed by atoms with van der Waals surface area (Å²) in [5, 5.41) is 3.61. The number of carbonyl (C=O) groups excluding carboxylic acids is 1. The molecule has 104 valence electrons. The fraction of sp³-hybridized carbons (Fsp3) is 0.143. The van der Waals surface area contributed by atoms with Crippen molar-refractivity contribution < 1.29 is 4.79 Å². The first-order valence-corrected chi connectivity index (χ1v) is 6.70. The molecule has 4 nitrogen and oxygen atoms in total. The van der Waals surface area contributed by atoms with Crippen LogP contribution in [0.15, 0.2) is 36.5 Å². The van der Waals surface area contributed by atoms with Gasteiger partial charge in [-0.05, 0) is 30.7 Å². The third-order valence-corrected chi connectivity index (χ3v) is 3.38. The Morgan fingerprint density at radius 2 is 1.95 bits per heavy atom. The van der Waals surface area contributed by atoms with Gasteiger partial charge in [-0.1, -0.05) is 35.3 Å². The zero-order valence-corrected chi connectivity index (χ0v) is 12.2. The van der Waals surface area contributed by atoms with Crippen LogP contribution < -0.4 is 11.1 Å². The lowest BCUT2D eigenvalue weighted by atomic mass is 10.1. The molecule has 1 aromatic carbocycles. The molecule has 1 atom stereocenters. The van der Waals surface area contributed by atoms with Gasteiger partial charge in [0.25, 0.3) is 5.91 Å². The molecule has 6 heteroatoms. The lowest BCUT2D eigenvalue weighted by Crippen LogP contribution is -2.27. The summed E-state index contributed by atoms with van der Waals surface area (Å²) in [6.07, 6.45) is 1.40. The van der Waals surface area contributed by atoms with Crippen LogP contribution >= 0.6 is 23.2 Å². The first kappa shape index (κ1) is 14.6. The molecule has 0 saturated heterocycles. The minimum atomic E-state index is -0.322. The molecule has 0 spiro atoms. The van der Waals surface area contributed by atoms with Gasteiger partial charge in [0, 0.05) is 5.02 Å². The second-order valence-corrected chi connectivity index (χ2v) is 5.15. The van der Waals surface area contributed by atoms with Crippen molar-refractivity contribution >= 4 is 34.8 Å². The summed E-state index contributed by atoms with van der Waals surface area (Å²) in [5.74, 6) is -0.322. The highest BCUT2D eigenvalue weighted by Crippen LogP contribution is 2.19. The molecule has 1 unspecified atom stereocenters. The minimum absolute atomic E-state index is 0.125. The number of nitrogen functional groups attached to an aromatic ring is 1. The molecule has 2 rings (SSSR count). The van der Waals surface area contributed by atoms with Crippen LogP contribution in [0.1, 0.15) is 28.9 Å². The summed E-state index contributed by atoms with van der Waals surface area (Å²) in [6.45, 7) is 1.87. The first-order chi connectivity index (χ1) is 9.47. The van der Waals surface area contributed by atoms with Crippen LogP contribution in [0.2, 0.25) is 10.2 Å². The number of aromatic nitrogens is 1. The van der Waals surface area contributed by atoms with E-state index >= 15 is 0 Å². The van der Waals surface area contributed by atoms with E-state index in [4.69, 9.17) is 28.9 Å². The molecule has 0 radical (unpaired) electrons. The molecule has 1 amide bonds. The Morgan fingerprint density at radius 1 is 1.30 bits per heavy atom. The summed E-state index contributed by atoms with van der Waals surface area (Å²) in [4.78, 5) is 16.0. The maximum Gasteiger partial charge on any atom is 0.254 e. The molecule has 3 N–H and O–H groups in total. The number of nitrogens with two attached hydrogens (primary N) is 1. The van der Waals surface area contributed by atoms with E-state index in [0.717, 1.165) is 5.56 Å². The van der Waals surface area contributed by atoms with Gasteiger partial charge in [-0.15, -0.1) is 0 Å². The number of anilines is 1. The Morgan fingerprint density at radius 3 is 2.60 bits per heavy atom. The van der Waals surface area contributed by atoms with E-state index in [1.807, 2.05) is 19.1 Å². The smallest absolute Gasteiger partial charge is 0.254 e. The van der Waals surface area contributed by atoms with Crippen LogP contribution in [0.25, 0.3) is 0 Å². The Bertz CT molecular complexity index is 629. The predicted octanol–water partition coefficient (Wildman–Crippen LogP) is 3.46. The van der Waals surface area contributed by atoms with Crippen molar-refractivity contribution in [2.45, 2.75) is 13.0 Å². The maximum absolute atomic E-state index is 12.2. The second kappa shape index (κ2) is 6.11. The Labute approximate surface area is 126 Å². The maximum atomic E-state index is 12.2. The van der Waals surface area contributed by atoms with E-state index in [-0.39, 0.29) is 22.7 Å². The van der Waals surface area contributed by atoms with E-state index in [1.165, 1.54) is 12.3 Å². The number of nitrogens with one attached hydrogen (secondary N) is 1. The summed E-state index contributed by atoms with van der Waals surface area (Å²) >= 11 is 11.7. The molecular weight excluding hydrogens is 297 g/mol. The monoisotopic (exact) mass is 309 g/mol. The van der Waals surface area contributed by atoms with Crippen molar-refractivity contribution in [2.75, 3.05) is 5.73 Å². The second-order valence-electron chi connectivity index (χ2n) is 4.35. The number of amides is 1. The number of hydrogen-bond donors (Lipinski definition) is 2. The Kier molecular flexibility index (Phi) is 4.47. The molecule has 0 aliphatic rings. The van der Waals surface area contributed by atoms with Gasteiger partial charge >= 0.3 is 0 Å². The molecule has 2 aromatic rings. The van der Waals surface area contributed by atoms with E-state index in [0.29, 0.717) is 10.7 Å². The topological polar surface area (TPSA) is 68.0 Å². The first-order valence-electron chi connectivity index (χ1n) is 5.94. The number of rotatable bonds is 3. The molecular formula is C14H13Cl2N3O. The van der Waals surface area contributed by atoms with Crippen molar-refractivity contribution in [1.82, 2.24) is 10.3 Å². The highest BCUT2D eigenvalue weighted by Gasteiger charge is 2.15. The van der Waals surface area contributed by atoms with Crippen molar-refractivity contribution in [3.05, 3.63) is 57.8 Å². The van der Waals surface area contributed by atoms with Gasteiger partial charge in [-0.25, -0.2) is 4.98 Å². The summed E-state index contributed by atoms with van der Waals surface area (Å²) in [5.41, 5.74) is 7.19. The standard InChI is InChI=1S/C14H13Cl2N3O/c1-8(9-2-4-10(15)5-3-9)19-14(20)12-6-11(17)7-18-13(12)16/h2-8H,17H2,1H3,(H,19,20). The Balaban J connectivity index is 2.15. The van der Waals surface area contributed by atoms with Gasteiger partial charge in [-0.3, -0.25) is 4.79 Å². The lowest BCUT2D eigenvalue weighted by Gasteiger charge is -2.15. The fourth-order valence-corrected chi connectivity index (χ4v) is 2.05. The van der Waals surface area contributed by atoms with Gasteiger partial charge in [0.1, 0.15) is 5.15 Å². The molecule has 0 aliphatic heterocycles. The average molecular weight is 310 g/mol. The van der Waals surface area contributed by atoms with Crippen LogP contribution in [0.4, 0.5) is 5.69 Å². The van der Waals surface area contributed by atoms with E-state index in [9.17, 15) is 4.79 Å². The highest BCUT2D eigenvalue weighted by molar-refractivity contribution is 6.32. The number of nitrogens with zero attached hydrogens (tertiary/aromatic N) is 1. The molecule has 20 heavy (non-hydrogen) atoms. The van der Waals surface area contributed by atoms with Crippen LogP contribution in [-0.2, 0) is 0 Å². The van der Waals surface area contributed by atoms with Crippen LogP contribution in [0.5, 0.6) is 0 Å². The van der Waals surface area contributed by atoms with Gasteiger partial charge in [0.2, 0.25) is 0 Å². The average Bonchev–Trinajstić information content (AvgIpc) is 2.42. The van der Waals surface area contributed by atoms with Gasteiger partial charge in [0.05, 0.1) is 23.5 Å². The SMILES string of the molecule is CC(NC(=O)c1cc(N)cnc1Cl)c1ccc(Cl)cc1. The third-order valence-electron chi connectivity index (χ3n) is 2.82. The van der Waals surface area contributed by atoms with Gasteiger partial charge in [0.15, 0.2) is 0 Å². The largest absolute Gasteiger partial charge is 0.397 e. The van der Waals surface area contributed by atoms with Crippen molar-refractivity contribution in [1.29, 1.82) is 0 Å². The molecule has 0 aliphatic carbocycles. The predicted molar refractivity (Wildman–Crippen MR) is 81.0 cm³/mol. The zero-order valence-electron chi connectivity index (χ0n) is 10.7. The minimum Gasteiger partial charge on any atom is -0.397 e. The van der Waals surface area contributed by atoms with Crippen LogP contribution in [0.3, 0.4) is 0 Å². The van der Waals surface area contributed by atoms with E-state index in [2.05, 4.69) is 10.3 Å². The molecule has 0 bridgehead atoms. The molecule has 1 heterocycles. The van der Waals surface area contributed by atoms with Crippen molar-refractivity contribution in [3.8, 4) is 0 Å². The Hall–Kier alpha value is -1.78. The number of pyridine rings is 1. The lowest BCUT2D eigenvalue weighted by molar-refractivity contribution is 0.0939. The fourth-order valence-electron chi connectivity index (χ4n) is 1.73. The van der Waals surface area contributed by atoms with Crippen molar-refractivity contribution in [2.24, 2.45) is 0 Å². The quantitative estimate of drug-likeness (QED) is 0.853. The summed E-state index contributed by atoms with van der Waals surface area (Å²) < 4.78 is 0. The molecule has 0 fully saturated rings. The number of hydrogen-bond acceptors (Lipinski definition) is 3.